The summed E-state index contributed by atoms with van der Waals surface area (Å²) in [6.45, 7) is 1.79. The summed E-state index contributed by atoms with van der Waals surface area (Å²) in [5, 5.41) is -0.241. The molecule has 0 unspecified atom stereocenters. The number of nitrogens with zero attached hydrogens (tertiary/aromatic N) is 1. The molecular formula is C18H13ClFNO2S. The van der Waals surface area contributed by atoms with Crippen LogP contribution >= 0.6 is 23.4 Å². The second-order valence-corrected chi connectivity index (χ2v) is 6.78. The number of imide groups is 1. The summed E-state index contributed by atoms with van der Waals surface area (Å²) in [5.41, 5.74) is 2.07. The zero-order chi connectivity index (χ0) is 17.3. The van der Waals surface area contributed by atoms with Gasteiger partial charge in [0.15, 0.2) is 0 Å². The van der Waals surface area contributed by atoms with Crippen LogP contribution in [0.4, 0.5) is 9.18 Å². The van der Waals surface area contributed by atoms with Crippen molar-refractivity contribution < 1.29 is 14.0 Å². The van der Waals surface area contributed by atoms with Crippen LogP contribution in [0.25, 0.3) is 6.08 Å². The molecule has 1 aliphatic heterocycles. The van der Waals surface area contributed by atoms with Crippen LogP contribution in [-0.4, -0.2) is 16.0 Å². The molecule has 6 heteroatoms. The van der Waals surface area contributed by atoms with Crippen molar-refractivity contribution >= 4 is 40.6 Å². The maximum absolute atomic E-state index is 13.9. The Kier molecular flexibility index (Phi) is 4.73. The molecule has 1 fully saturated rings. The number of aryl methyl sites for hydroxylation is 1. The largest absolute Gasteiger partial charge is 0.293 e. The van der Waals surface area contributed by atoms with Gasteiger partial charge in [-0.2, -0.15) is 0 Å². The zero-order valence-electron chi connectivity index (χ0n) is 12.8. The lowest BCUT2D eigenvalue weighted by Gasteiger charge is -2.14. The lowest BCUT2D eigenvalue weighted by Crippen LogP contribution is -2.28. The fourth-order valence-corrected chi connectivity index (χ4v) is 3.35. The highest BCUT2D eigenvalue weighted by Crippen LogP contribution is 2.34. The van der Waals surface area contributed by atoms with Gasteiger partial charge in [0.25, 0.3) is 11.1 Å². The van der Waals surface area contributed by atoms with Gasteiger partial charge in [0.1, 0.15) is 5.82 Å². The summed E-state index contributed by atoms with van der Waals surface area (Å²) < 4.78 is 13.9. The lowest BCUT2D eigenvalue weighted by atomic mass is 10.1. The minimum atomic E-state index is -0.538. The monoisotopic (exact) mass is 361 g/mol. The molecule has 1 aliphatic rings. The molecule has 0 aromatic heterocycles. The van der Waals surface area contributed by atoms with E-state index in [-0.39, 0.29) is 17.1 Å². The van der Waals surface area contributed by atoms with Crippen molar-refractivity contribution in [2.45, 2.75) is 13.5 Å². The van der Waals surface area contributed by atoms with E-state index in [0.717, 1.165) is 27.8 Å². The number of hydrogen-bond acceptors (Lipinski definition) is 3. The van der Waals surface area contributed by atoms with E-state index in [1.54, 1.807) is 6.08 Å². The van der Waals surface area contributed by atoms with Crippen molar-refractivity contribution in [3.8, 4) is 0 Å². The van der Waals surface area contributed by atoms with Gasteiger partial charge in [0, 0.05) is 10.6 Å². The molecule has 2 aromatic carbocycles. The van der Waals surface area contributed by atoms with E-state index in [9.17, 15) is 14.0 Å². The van der Waals surface area contributed by atoms with Crippen LogP contribution in [-0.2, 0) is 11.3 Å². The Bertz CT molecular complexity index is 828. The van der Waals surface area contributed by atoms with E-state index in [2.05, 4.69) is 0 Å². The summed E-state index contributed by atoms with van der Waals surface area (Å²) in [6.07, 6.45) is 1.66. The minimum absolute atomic E-state index is 0.137. The van der Waals surface area contributed by atoms with Crippen molar-refractivity contribution in [2.24, 2.45) is 0 Å². The molecule has 3 nitrogen and oxygen atoms in total. The van der Waals surface area contributed by atoms with Gasteiger partial charge < -0.3 is 0 Å². The van der Waals surface area contributed by atoms with Crippen molar-refractivity contribution in [2.75, 3.05) is 0 Å². The second kappa shape index (κ2) is 6.79. The third-order valence-corrected chi connectivity index (χ3v) is 4.89. The zero-order valence-corrected chi connectivity index (χ0v) is 14.3. The van der Waals surface area contributed by atoms with Crippen LogP contribution in [0.2, 0.25) is 5.02 Å². The molecule has 24 heavy (non-hydrogen) atoms. The summed E-state index contributed by atoms with van der Waals surface area (Å²) in [4.78, 5) is 25.9. The number of amides is 2. The first-order valence-electron chi connectivity index (χ1n) is 7.20. The normalized spacial score (nSPS) is 16.3. The van der Waals surface area contributed by atoms with Crippen LogP contribution in [0.1, 0.15) is 16.7 Å². The second-order valence-electron chi connectivity index (χ2n) is 5.38. The Hall–Kier alpha value is -2.11. The molecule has 0 spiro atoms. The van der Waals surface area contributed by atoms with Gasteiger partial charge in [0.05, 0.1) is 11.4 Å². The standard InChI is InChI=1S/C18H13ClFNO2S/c1-11-5-7-12(8-6-11)9-16-17(22)21(18(23)24-16)10-13-14(19)3-2-4-15(13)20/h2-9H,10H2,1H3/b16-9-. The van der Waals surface area contributed by atoms with E-state index in [4.69, 9.17) is 11.6 Å². The van der Waals surface area contributed by atoms with Crippen LogP contribution in [0.15, 0.2) is 47.4 Å². The molecule has 122 valence electrons. The number of rotatable bonds is 3. The molecule has 0 saturated carbocycles. The lowest BCUT2D eigenvalue weighted by molar-refractivity contribution is -0.123. The van der Waals surface area contributed by atoms with E-state index >= 15 is 0 Å². The highest BCUT2D eigenvalue weighted by Gasteiger charge is 2.35. The predicted molar refractivity (Wildman–Crippen MR) is 94.1 cm³/mol. The van der Waals surface area contributed by atoms with E-state index in [1.807, 2.05) is 31.2 Å². The fraction of sp³-hybridized carbons (Fsp3) is 0.111. The fourth-order valence-electron chi connectivity index (χ4n) is 2.29. The van der Waals surface area contributed by atoms with Gasteiger partial charge in [0.2, 0.25) is 0 Å². The third-order valence-electron chi connectivity index (χ3n) is 3.63. The SMILES string of the molecule is Cc1ccc(/C=C2\SC(=O)N(Cc3c(F)cccc3Cl)C2=O)cc1. The molecule has 0 radical (unpaired) electrons. The van der Waals surface area contributed by atoms with Crippen LogP contribution < -0.4 is 0 Å². The number of halogens is 2. The first-order chi connectivity index (χ1) is 11.5. The number of benzene rings is 2. The van der Waals surface area contributed by atoms with Gasteiger partial charge in [-0.25, -0.2) is 4.39 Å². The van der Waals surface area contributed by atoms with Crippen LogP contribution in [0, 0.1) is 12.7 Å². The van der Waals surface area contributed by atoms with Crippen molar-refractivity contribution in [3.05, 3.63) is 74.9 Å². The van der Waals surface area contributed by atoms with Crippen LogP contribution in [0.3, 0.4) is 0 Å². The maximum Gasteiger partial charge on any atom is 0.293 e. The van der Waals surface area contributed by atoms with E-state index in [0.29, 0.717) is 4.91 Å². The number of carbonyl (C=O) groups excluding carboxylic acids is 2. The number of carbonyl (C=O) groups is 2. The van der Waals surface area contributed by atoms with Gasteiger partial charge in [-0.1, -0.05) is 47.5 Å². The third kappa shape index (κ3) is 3.37. The first kappa shape index (κ1) is 16.7. The summed E-state index contributed by atoms with van der Waals surface area (Å²) in [6, 6.07) is 11.9. The van der Waals surface area contributed by atoms with Crippen molar-refractivity contribution in [1.82, 2.24) is 4.90 Å². The molecule has 0 N–H and O–H groups in total. The molecule has 2 amide bonds. The highest BCUT2D eigenvalue weighted by molar-refractivity contribution is 8.18. The topological polar surface area (TPSA) is 37.4 Å². The number of hydrogen-bond donors (Lipinski definition) is 0. The summed E-state index contributed by atoms with van der Waals surface area (Å²) in [7, 11) is 0. The summed E-state index contributed by atoms with van der Waals surface area (Å²) >= 11 is 6.82. The molecule has 0 atom stereocenters. The van der Waals surface area contributed by atoms with Gasteiger partial charge in [-0.05, 0) is 42.5 Å². The summed E-state index contributed by atoms with van der Waals surface area (Å²) in [5.74, 6) is -0.978. The van der Waals surface area contributed by atoms with E-state index in [1.165, 1.54) is 18.2 Å². The van der Waals surface area contributed by atoms with Crippen LogP contribution in [0.5, 0.6) is 0 Å². The Labute approximate surface area is 148 Å². The van der Waals surface area contributed by atoms with Crippen molar-refractivity contribution in [3.63, 3.8) is 0 Å². The molecular weight excluding hydrogens is 349 g/mol. The molecule has 0 bridgehead atoms. The Balaban J connectivity index is 1.85. The molecule has 3 rings (SSSR count). The minimum Gasteiger partial charge on any atom is -0.268 e. The Morgan fingerprint density at radius 1 is 1.17 bits per heavy atom. The van der Waals surface area contributed by atoms with Gasteiger partial charge in [-0.15, -0.1) is 0 Å². The van der Waals surface area contributed by atoms with Crippen molar-refractivity contribution in [1.29, 1.82) is 0 Å². The quantitative estimate of drug-likeness (QED) is 0.720. The average Bonchev–Trinajstić information content (AvgIpc) is 2.80. The predicted octanol–water partition coefficient (Wildman–Crippen LogP) is 5.02. The molecule has 0 aliphatic carbocycles. The smallest absolute Gasteiger partial charge is 0.268 e. The molecule has 1 heterocycles. The highest BCUT2D eigenvalue weighted by atomic mass is 35.5. The Morgan fingerprint density at radius 2 is 1.88 bits per heavy atom. The Morgan fingerprint density at radius 3 is 2.54 bits per heavy atom. The first-order valence-corrected chi connectivity index (χ1v) is 8.40. The number of thioether (sulfide) groups is 1. The average molecular weight is 362 g/mol. The maximum atomic E-state index is 13.9. The van der Waals surface area contributed by atoms with Gasteiger partial charge in [-0.3, -0.25) is 14.5 Å². The van der Waals surface area contributed by atoms with E-state index < -0.39 is 17.0 Å². The van der Waals surface area contributed by atoms with Gasteiger partial charge >= 0.3 is 0 Å². The molecule has 2 aromatic rings. The molecule has 1 saturated heterocycles.